The molecule has 0 bridgehead atoms. The Labute approximate surface area is 70.5 Å². The predicted octanol–water partition coefficient (Wildman–Crippen LogP) is 2.42. The van der Waals surface area contributed by atoms with Crippen LogP contribution in [0.1, 0.15) is 31.9 Å². The van der Waals surface area contributed by atoms with Crippen LogP contribution >= 0.6 is 11.6 Å². The molecule has 0 radical (unpaired) electrons. The molecule has 0 aromatic carbocycles. The summed E-state index contributed by atoms with van der Waals surface area (Å²) in [7, 11) is 0. The van der Waals surface area contributed by atoms with E-state index in [2.05, 4.69) is 12.1 Å². The lowest BCUT2D eigenvalue weighted by Crippen LogP contribution is -1.89. The summed E-state index contributed by atoms with van der Waals surface area (Å²) in [6.45, 7) is 4.07. The zero-order valence-electron chi connectivity index (χ0n) is 6.60. The van der Waals surface area contributed by atoms with Gasteiger partial charge in [-0.1, -0.05) is 30.6 Å². The monoisotopic (exact) mass is 174 g/mol. The first-order chi connectivity index (χ1) is 5.16. The third-order valence-corrected chi connectivity index (χ3v) is 2.12. The van der Waals surface area contributed by atoms with Crippen LogP contribution in [0.4, 0.5) is 5.82 Å². The summed E-state index contributed by atoms with van der Waals surface area (Å²) >= 11 is 5.80. The molecule has 1 rings (SSSR count). The van der Waals surface area contributed by atoms with Crippen molar-refractivity contribution < 1.29 is 4.52 Å². The minimum absolute atomic E-state index is 0.280. The van der Waals surface area contributed by atoms with E-state index in [1.165, 1.54) is 0 Å². The van der Waals surface area contributed by atoms with Crippen LogP contribution in [-0.2, 0) is 0 Å². The lowest BCUT2D eigenvalue weighted by atomic mass is 10.1. The number of nitrogens with two attached hydrogens (primary N) is 1. The lowest BCUT2D eigenvalue weighted by Gasteiger charge is -2.01. The molecule has 0 aliphatic carbocycles. The molecule has 11 heavy (non-hydrogen) atoms. The van der Waals surface area contributed by atoms with Crippen molar-refractivity contribution >= 4 is 17.4 Å². The molecule has 1 unspecified atom stereocenters. The average Bonchev–Trinajstić information content (AvgIpc) is 2.32. The van der Waals surface area contributed by atoms with Gasteiger partial charge in [-0.05, 0) is 6.42 Å². The molecule has 3 nitrogen and oxygen atoms in total. The minimum Gasteiger partial charge on any atom is -0.380 e. The largest absolute Gasteiger partial charge is 0.380 e. The van der Waals surface area contributed by atoms with Crippen molar-refractivity contribution in [2.45, 2.75) is 26.2 Å². The van der Waals surface area contributed by atoms with E-state index >= 15 is 0 Å². The van der Waals surface area contributed by atoms with E-state index in [4.69, 9.17) is 21.9 Å². The highest BCUT2D eigenvalue weighted by Crippen LogP contribution is 2.30. The van der Waals surface area contributed by atoms with Gasteiger partial charge >= 0.3 is 0 Å². The third kappa shape index (κ3) is 1.48. The van der Waals surface area contributed by atoms with Gasteiger partial charge in [-0.15, -0.1) is 0 Å². The molecule has 0 amide bonds. The Kier molecular flexibility index (Phi) is 2.39. The van der Waals surface area contributed by atoms with Gasteiger partial charge < -0.3 is 10.3 Å². The molecule has 62 valence electrons. The van der Waals surface area contributed by atoms with Crippen molar-refractivity contribution in [1.29, 1.82) is 0 Å². The standard InChI is InChI=1S/C7H11ClN2O/c1-3-4(2)6-5(8)7(9)10-11-6/h4H,3H2,1-2H3,(H2,9,10). The Morgan fingerprint density at radius 3 is 2.73 bits per heavy atom. The highest BCUT2D eigenvalue weighted by molar-refractivity contribution is 6.33. The summed E-state index contributed by atoms with van der Waals surface area (Å²) in [5.74, 6) is 1.25. The molecule has 1 heterocycles. The lowest BCUT2D eigenvalue weighted by molar-refractivity contribution is 0.365. The number of halogens is 1. The Hall–Kier alpha value is -0.700. The van der Waals surface area contributed by atoms with E-state index in [0.29, 0.717) is 10.8 Å². The van der Waals surface area contributed by atoms with Gasteiger partial charge in [0.2, 0.25) is 0 Å². The van der Waals surface area contributed by atoms with Crippen LogP contribution in [0.25, 0.3) is 0 Å². The summed E-state index contributed by atoms with van der Waals surface area (Å²) in [5, 5.41) is 4.01. The van der Waals surface area contributed by atoms with Gasteiger partial charge in [0.05, 0.1) is 0 Å². The number of aromatic nitrogens is 1. The minimum atomic E-state index is 0.280. The van der Waals surface area contributed by atoms with E-state index in [1.54, 1.807) is 0 Å². The summed E-state index contributed by atoms with van der Waals surface area (Å²) < 4.78 is 4.94. The molecule has 4 heteroatoms. The molecular weight excluding hydrogens is 164 g/mol. The first-order valence-electron chi connectivity index (χ1n) is 3.57. The zero-order chi connectivity index (χ0) is 8.43. The van der Waals surface area contributed by atoms with Gasteiger partial charge in [0.25, 0.3) is 0 Å². The molecule has 0 saturated heterocycles. The first kappa shape index (κ1) is 8.40. The Bertz CT molecular complexity index is 247. The summed E-state index contributed by atoms with van der Waals surface area (Å²) in [5.41, 5.74) is 5.40. The fourth-order valence-corrected chi connectivity index (χ4v) is 1.05. The van der Waals surface area contributed by atoms with Crippen molar-refractivity contribution in [1.82, 2.24) is 5.16 Å². The summed E-state index contributed by atoms with van der Waals surface area (Å²) in [6.07, 6.45) is 0.967. The quantitative estimate of drug-likeness (QED) is 0.749. The van der Waals surface area contributed by atoms with Gasteiger partial charge in [0.15, 0.2) is 11.6 Å². The second-order valence-electron chi connectivity index (χ2n) is 2.56. The van der Waals surface area contributed by atoms with Gasteiger partial charge in [-0.25, -0.2) is 0 Å². The molecule has 0 aliphatic rings. The van der Waals surface area contributed by atoms with Crippen LogP contribution in [-0.4, -0.2) is 5.16 Å². The van der Waals surface area contributed by atoms with Crippen molar-refractivity contribution in [2.24, 2.45) is 0 Å². The SMILES string of the molecule is CCC(C)c1onc(N)c1Cl. The maximum absolute atomic E-state index is 5.80. The first-order valence-corrected chi connectivity index (χ1v) is 3.95. The number of hydrogen-bond donors (Lipinski definition) is 1. The molecule has 0 aliphatic heterocycles. The van der Waals surface area contributed by atoms with Crippen molar-refractivity contribution in [3.63, 3.8) is 0 Å². The number of hydrogen-bond acceptors (Lipinski definition) is 3. The number of nitrogen functional groups attached to an aromatic ring is 1. The van der Waals surface area contributed by atoms with Crippen LogP contribution in [0.5, 0.6) is 0 Å². The fraction of sp³-hybridized carbons (Fsp3) is 0.571. The summed E-state index contributed by atoms with van der Waals surface area (Å²) in [4.78, 5) is 0. The number of rotatable bonds is 2. The summed E-state index contributed by atoms with van der Waals surface area (Å²) in [6, 6.07) is 0. The third-order valence-electron chi connectivity index (χ3n) is 1.74. The van der Waals surface area contributed by atoms with E-state index in [0.717, 1.165) is 6.42 Å². The number of anilines is 1. The Morgan fingerprint density at radius 2 is 2.36 bits per heavy atom. The molecule has 2 N–H and O–H groups in total. The maximum atomic E-state index is 5.80. The maximum Gasteiger partial charge on any atom is 0.186 e. The van der Waals surface area contributed by atoms with Crippen LogP contribution in [0, 0.1) is 0 Å². The van der Waals surface area contributed by atoms with Gasteiger partial charge in [-0.2, -0.15) is 0 Å². The van der Waals surface area contributed by atoms with Gasteiger partial charge in [0, 0.05) is 5.92 Å². The van der Waals surface area contributed by atoms with E-state index in [-0.39, 0.29) is 11.7 Å². The normalized spacial score (nSPS) is 13.4. The van der Waals surface area contributed by atoms with Crippen LogP contribution < -0.4 is 5.73 Å². The molecular formula is C7H11ClN2O. The van der Waals surface area contributed by atoms with Gasteiger partial charge in [-0.3, -0.25) is 0 Å². The van der Waals surface area contributed by atoms with Crippen LogP contribution in [0.2, 0.25) is 5.02 Å². The van der Waals surface area contributed by atoms with Crippen molar-refractivity contribution in [3.05, 3.63) is 10.8 Å². The van der Waals surface area contributed by atoms with E-state index in [1.807, 2.05) is 6.92 Å². The van der Waals surface area contributed by atoms with Crippen LogP contribution in [0.15, 0.2) is 4.52 Å². The Morgan fingerprint density at radius 1 is 1.73 bits per heavy atom. The molecule has 1 aromatic heterocycles. The van der Waals surface area contributed by atoms with Gasteiger partial charge in [0.1, 0.15) is 5.02 Å². The predicted molar refractivity (Wildman–Crippen MR) is 44.6 cm³/mol. The van der Waals surface area contributed by atoms with Crippen LogP contribution in [0.3, 0.4) is 0 Å². The van der Waals surface area contributed by atoms with E-state index in [9.17, 15) is 0 Å². The average molecular weight is 175 g/mol. The molecule has 1 aromatic rings. The van der Waals surface area contributed by atoms with Crippen molar-refractivity contribution in [2.75, 3.05) is 5.73 Å². The highest BCUT2D eigenvalue weighted by atomic mass is 35.5. The molecule has 0 saturated carbocycles. The second-order valence-corrected chi connectivity index (χ2v) is 2.93. The second kappa shape index (κ2) is 3.13. The fourth-order valence-electron chi connectivity index (χ4n) is 0.796. The highest BCUT2D eigenvalue weighted by Gasteiger charge is 2.16. The molecule has 1 atom stereocenters. The topological polar surface area (TPSA) is 52.0 Å². The zero-order valence-corrected chi connectivity index (χ0v) is 7.35. The molecule has 0 spiro atoms. The molecule has 0 fully saturated rings. The van der Waals surface area contributed by atoms with Crippen molar-refractivity contribution in [3.8, 4) is 0 Å². The van der Waals surface area contributed by atoms with E-state index < -0.39 is 0 Å². The smallest absolute Gasteiger partial charge is 0.186 e. The number of nitrogens with zero attached hydrogens (tertiary/aromatic N) is 1. The Balaban J connectivity index is 2.94.